The fraction of sp³-hybridized carbons (Fsp3) is 0.800. The molecule has 0 heterocycles. The monoisotopic (exact) mass is 540 g/mol. The van der Waals surface area contributed by atoms with Gasteiger partial charge in [-0.3, -0.25) is 0 Å². The van der Waals surface area contributed by atoms with Crippen LogP contribution < -0.4 is 20.4 Å². The van der Waals surface area contributed by atoms with E-state index in [9.17, 15) is 39.6 Å². The van der Waals surface area contributed by atoms with E-state index in [1.54, 1.807) is 0 Å². The Bertz CT molecular complexity index is 360. The first-order chi connectivity index (χ1) is 13.3. The van der Waals surface area contributed by atoms with Crippen molar-refractivity contribution in [2.75, 3.05) is 0 Å². The predicted molar refractivity (Wildman–Crippen MR) is 93.9 cm³/mol. The number of rotatable bonds is 18. The Hall–Kier alpha value is -0.743. The van der Waals surface area contributed by atoms with Gasteiger partial charge >= 0.3 is 41.7 Å². The van der Waals surface area contributed by atoms with Gasteiger partial charge in [0.25, 0.3) is 0 Å². The summed E-state index contributed by atoms with van der Waals surface area (Å²) in [6.45, 7) is 0. The summed E-state index contributed by atoms with van der Waals surface area (Å²) in [5.41, 5.74) is 0. The Labute approximate surface area is 206 Å². The van der Waals surface area contributed by atoms with Crippen LogP contribution >= 0.6 is 0 Å². The van der Waals surface area contributed by atoms with Crippen molar-refractivity contribution in [3.8, 4) is 0 Å². The third kappa shape index (κ3) is 38.5. The van der Waals surface area contributed by atoms with Crippen LogP contribution in [0, 0.1) is 41.7 Å². The number of hydrogen-bond donors (Lipinski definition) is 0. The number of aliphatic carboxylic acids is 4. The summed E-state index contributed by atoms with van der Waals surface area (Å²) in [5.74, 6) is -3.99. The SMILES string of the molecule is O=C([O-])CCCCCCCCC(=O)[O-].O=C([O-])CCCCCCCCC(=O)[O-].[Ce+4]. The largest absolute Gasteiger partial charge is 4.00 e. The van der Waals surface area contributed by atoms with Crippen LogP contribution in [-0.4, -0.2) is 23.9 Å². The van der Waals surface area contributed by atoms with E-state index in [2.05, 4.69) is 0 Å². The summed E-state index contributed by atoms with van der Waals surface area (Å²) in [7, 11) is 0. The van der Waals surface area contributed by atoms with Gasteiger partial charge in [-0.25, -0.2) is 0 Å². The minimum Gasteiger partial charge on any atom is -0.550 e. The van der Waals surface area contributed by atoms with Crippen LogP contribution in [0.5, 0.6) is 0 Å². The first kappa shape index (κ1) is 32.9. The normalized spacial score (nSPS) is 9.66. The second kappa shape index (κ2) is 25.3. The Balaban J connectivity index is -0.000000451. The van der Waals surface area contributed by atoms with Crippen molar-refractivity contribution in [3.63, 3.8) is 0 Å². The molecule has 0 spiro atoms. The van der Waals surface area contributed by atoms with Crippen LogP contribution in [0.4, 0.5) is 0 Å². The fourth-order valence-electron chi connectivity index (χ4n) is 2.49. The van der Waals surface area contributed by atoms with Gasteiger partial charge in [-0.15, -0.1) is 0 Å². The molecule has 0 amide bonds. The number of carbonyl (C=O) groups is 4. The zero-order valence-corrected chi connectivity index (χ0v) is 20.2. The zero-order valence-electron chi connectivity index (χ0n) is 17.1. The first-order valence-corrected chi connectivity index (χ1v) is 10.0. The molecular formula is C20H32CeO8. The molecule has 0 fully saturated rings. The molecule has 0 rings (SSSR count). The summed E-state index contributed by atoms with van der Waals surface area (Å²) >= 11 is 0. The van der Waals surface area contributed by atoms with Crippen molar-refractivity contribution in [3.05, 3.63) is 0 Å². The number of unbranched alkanes of at least 4 members (excludes halogenated alkanes) is 10. The third-order valence-corrected chi connectivity index (χ3v) is 4.02. The van der Waals surface area contributed by atoms with E-state index in [-0.39, 0.29) is 67.4 Å². The molecular weight excluding hydrogens is 508 g/mol. The first-order valence-electron chi connectivity index (χ1n) is 10.0. The van der Waals surface area contributed by atoms with Crippen molar-refractivity contribution in [1.82, 2.24) is 0 Å². The molecule has 0 aliphatic carbocycles. The van der Waals surface area contributed by atoms with Crippen molar-refractivity contribution < 1.29 is 81.4 Å². The average Bonchev–Trinajstić information content (AvgIpc) is 2.59. The van der Waals surface area contributed by atoms with Gasteiger partial charge in [0.2, 0.25) is 0 Å². The second-order valence-electron chi connectivity index (χ2n) is 6.73. The second-order valence-corrected chi connectivity index (χ2v) is 6.73. The Morgan fingerprint density at radius 1 is 0.345 bits per heavy atom. The van der Waals surface area contributed by atoms with Crippen LogP contribution in [0.1, 0.15) is 103 Å². The molecule has 0 aliphatic rings. The van der Waals surface area contributed by atoms with E-state index < -0.39 is 23.9 Å². The number of carboxylic acids is 4. The van der Waals surface area contributed by atoms with E-state index in [1.165, 1.54) is 0 Å². The standard InChI is InChI=1S/2C10H18O4.Ce/c2*11-9(12)7-5-3-1-2-4-6-8-10(13)14;/h2*1-8H2,(H,11,12)(H,13,14);/q;;+4/p-4. The topological polar surface area (TPSA) is 161 Å². The van der Waals surface area contributed by atoms with Crippen LogP contribution in [-0.2, 0) is 19.2 Å². The van der Waals surface area contributed by atoms with Crippen LogP contribution in [0.25, 0.3) is 0 Å². The molecule has 0 aromatic heterocycles. The summed E-state index contributed by atoms with van der Waals surface area (Å²) in [6, 6.07) is 0. The smallest absolute Gasteiger partial charge is 0.550 e. The number of carboxylic acid groups (broad SMARTS) is 4. The average molecular weight is 541 g/mol. The van der Waals surface area contributed by atoms with Gasteiger partial charge in [-0.1, -0.05) is 51.4 Å². The zero-order chi connectivity index (χ0) is 21.6. The number of carbonyl (C=O) groups excluding carboxylic acids is 4. The molecule has 164 valence electrons. The van der Waals surface area contributed by atoms with Crippen LogP contribution in [0.15, 0.2) is 0 Å². The van der Waals surface area contributed by atoms with E-state index in [1.807, 2.05) is 0 Å². The molecule has 0 aromatic carbocycles. The number of hydrogen-bond acceptors (Lipinski definition) is 8. The molecule has 9 heteroatoms. The molecule has 0 atom stereocenters. The molecule has 0 radical (unpaired) electrons. The molecule has 8 nitrogen and oxygen atoms in total. The minimum atomic E-state index is -0.998. The van der Waals surface area contributed by atoms with Gasteiger partial charge in [0.05, 0.1) is 0 Å². The van der Waals surface area contributed by atoms with E-state index >= 15 is 0 Å². The summed E-state index contributed by atoms with van der Waals surface area (Å²) in [6.07, 6.45) is 10.5. The van der Waals surface area contributed by atoms with E-state index in [0.29, 0.717) is 25.7 Å². The summed E-state index contributed by atoms with van der Waals surface area (Å²) in [4.78, 5) is 40.1. The fourth-order valence-corrected chi connectivity index (χ4v) is 2.49. The van der Waals surface area contributed by atoms with Crippen molar-refractivity contribution in [1.29, 1.82) is 0 Å². The molecule has 0 N–H and O–H groups in total. The molecule has 0 aromatic rings. The molecule has 0 saturated carbocycles. The maximum Gasteiger partial charge on any atom is 4.00 e. The predicted octanol–water partition coefficient (Wildman–Crippen LogP) is -0.786. The molecule has 0 bridgehead atoms. The van der Waals surface area contributed by atoms with Gasteiger partial charge in [-0.2, -0.15) is 0 Å². The van der Waals surface area contributed by atoms with E-state index in [4.69, 9.17) is 0 Å². The third-order valence-electron chi connectivity index (χ3n) is 4.02. The van der Waals surface area contributed by atoms with Crippen molar-refractivity contribution in [2.45, 2.75) is 103 Å². The maximum absolute atomic E-state index is 10.0. The maximum atomic E-state index is 10.0. The summed E-state index contributed by atoms with van der Waals surface area (Å²) < 4.78 is 0. The Kier molecular flexibility index (Phi) is 28.7. The van der Waals surface area contributed by atoms with E-state index in [0.717, 1.165) is 51.4 Å². The van der Waals surface area contributed by atoms with Crippen molar-refractivity contribution >= 4 is 23.9 Å². The van der Waals surface area contributed by atoms with Crippen molar-refractivity contribution in [2.24, 2.45) is 0 Å². The Morgan fingerprint density at radius 3 is 0.621 bits per heavy atom. The molecule has 29 heavy (non-hydrogen) atoms. The summed E-state index contributed by atoms with van der Waals surface area (Å²) in [5, 5.41) is 40.1. The van der Waals surface area contributed by atoms with Gasteiger partial charge in [0.1, 0.15) is 0 Å². The Morgan fingerprint density at radius 2 is 0.483 bits per heavy atom. The molecule has 0 saturated heterocycles. The van der Waals surface area contributed by atoms with Gasteiger partial charge in [0, 0.05) is 23.9 Å². The van der Waals surface area contributed by atoms with Gasteiger partial charge < -0.3 is 39.6 Å². The van der Waals surface area contributed by atoms with Crippen LogP contribution in [0.2, 0.25) is 0 Å². The van der Waals surface area contributed by atoms with Gasteiger partial charge in [-0.05, 0) is 51.4 Å². The van der Waals surface area contributed by atoms with Crippen LogP contribution in [0.3, 0.4) is 0 Å². The molecule has 0 aliphatic heterocycles. The quantitative estimate of drug-likeness (QED) is 0.205. The molecule has 0 unspecified atom stereocenters. The van der Waals surface area contributed by atoms with Gasteiger partial charge in [0.15, 0.2) is 0 Å². The minimum absolute atomic E-state index is 0.